The van der Waals surface area contributed by atoms with Gasteiger partial charge in [0.25, 0.3) is 0 Å². The van der Waals surface area contributed by atoms with Crippen molar-refractivity contribution in [1.29, 1.82) is 0 Å². The fraction of sp³-hybridized carbons (Fsp3) is 0.720. The van der Waals surface area contributed by atoms with Crippen molar-refractivity contribution in [2.24, 2.45) is 0 Å². The maximum Gasteiger partial charge on any atom is 0.248 e. The molecule has 1 aromatic heterocycles. The van der Waals surface area contributed by atoms with Gasteiger partial charge in [-0.15, -0.1) is 0 Å². The molecule has 0 spiro atoms. The van der Waals surface area contributed by atoms with Crippen molar-refractivity contribution in [3.05, 3.63) is 30.1 Å². The molecule has 192 valence electrons. The van der Waals surface area contributed by atoms with Crippen LogP contribution in [0.2, 0.25) is 0 Å². The van der Waals surface area contributed by atoms with E-state index < -0.39 is 0 Å². The maximum atomic E-state index is 11.6. The van der Waals surface area contributed by atoms with Gasteiger partial charge in [-0.1, -0.05) is 27.7 Å². The van der Waals surface area contributed by atoms with Crippen LogP contribution in [0.15, 0.2) is 24.5 Å². The van der Waals surface area contributed by atoms with Crippen LogP contribution in [-0.4, -0.2) is 110 Å². The minimum absolute atomic E-state index is 0.119. The van der Waals surface area contributed by atoms with Gasteiger partial charge in [0.1, 0.15) is 6.61 Å². The van der Waals surface area contributed by atoms with Crippen molar-refractivity contribution >= 4 is 11.8 Å². The number of pyridine rings is 1. The molecule has 0 atom stereocenters. The summed E-state index contributed by atoms with van der Waals surface area (Å²) in [5, 5.41) is 0. The third kappa shape index (κ3) is 16.3. The molecule has 1 aromatic rings. The maximum absolute atomic E-state index is 11.6. The number of carbonyl (C=O) groups is 2. The molecular formula is C25H49N5O3. The molecule has 1 fully saturated rings. The molecule has 1 aliphatic heterocycles. The quantitative estimate of drug-likeness (QED) is 0.586. The number of ether oxygens (including phenoxy) is 1. The predicted octanol–water partition coefficient (Wildman–Crippen LogP) is 2.84. The number of morpholine rings is 1. The van der Waals surface area contributed by atoms with Gasteiger partial charge < -0.3 is 24.3 Å². The van der Waals surface area contributed by atoms with E-state index in [4.69, 9.17) is 4.74 Å². The summed E-state index contributed by atoms with van der Waals surface area (Å²) >= 11 is 0. The number of nitrogens with zero attached hydrogens (tertiary/aromatic N) is 5. The molecule has 0 saturated carbocycles. The second-order valence-electron chi connectivity index (χ2n) is 7.85. The monoisotopic (exact) mass is 467 g/mol. The highest BCUT2D eigenvalue weighted by atomic mass is 16.5. The average molecular weight is 468 g/mol. The highest BCUT2D eigenvalue weighted by Gasteiger charge is 2.18. The summed E-state index contributed by atoms with van der Waals surface area (Å²) in [5.74, 6) is 0.241. The number of hydrogen-bond acceptors (Lipinski definition) is 6. The van der Waals surface area contributed by atoms with Gasteiger partial charge in [0.2, 0.25) is 11.8 Å². The van der Waals surface area contributed by atoms with Gasteiger partial charge in [-0.25, -0.2) is 0 Å². The lowest BCUT2D eigenvalue weighted by atomic mass is 10.2. The molecule has 1 aliphatic rings. The summed E-state index contributed by atoms with van der Waals surface area (Å²) in [6, 6.07) is 4.37. The number of rotatable bonds is 8. The number of carbonyl (C=O) groups excluding carboxylic acids is 2. The van der Waals surface area contributed by atoms with E-state index in [1.807, 2.05) is 70.8 Å². The Kier molecular flexibility index (Phi) is 20.7. The fourth-order valence-electron chi connectivity index (χ4n) is 2.56. The Morgan fingerprint density at radius 3 is 2.15 bits per heavy atom. The molecule has 0 aromatic carbocycles. The summed E-state index contributed by atoms with van der Waals surface area (Å²) < 4.78 is 5.06. The average Bonchev–Trinajstić information content (AvgIpc) is 2.81. The van der Waals surface area contributed by atoms with Crippen molar-refractivity contribution in [2.75, 3.05) is 67.6 Å². The minimum Gasteiger partial charge on any atom is -0.370 e. The van der Waals surface area contributed by atoms with Crippen molar-refractivity contribution in [2.45, 2.75) is 54.1 Å². The molecule has 0 aliphatic carbocycles. The minimum atomic E-state index is 0.119. The second kappa shape index (κ2) is 20.6. The van der Waals surface area contributed by atoms with Gasteiger partial charge >= 0.3 is 0 Å². The van der Waals surface area contributed by atoms with Gasteiger partial charge in [0.15, 0.2) is 0 Å². The number of hydrogen-bond donors (Lipinski definition) is 0. The number of likely N-dealkylation sites (N-methyl/N-ethyl adjacent to an activating group) is 3. The van der Waals surface area contributed by atoms with Gasteiger partial charge in [-0.05, 0) is 52.7 Å². The Hall–Kier alpha value is -2.03. The van der Waals surface area contributed by atoms with Gasteiger partial charge in [0.05, 0.1) is 13.2 Å². The van der Waals surface area contributed by atoms with Crippen LogP contribution in [0, 0.1) is 0 Å². The molecule has 1 saturated heterocycles. The lowest BCUT2D eigenvalue weighted by Crippen LogP contribution is -2.45. The van der Waals surface area contributed by atoms with Crippen LogP contribution in [0.5, 0.6) is 0 Å². The van der Waals surface area contributed by atoms with Gasteiger partial charge in [-0.3, -0.25) is 14.6 Å². The standard InChI is InChI=1S/C11H17N3O.C10H20N2O2.2C2H6/c1-13(2)9-11(15)14(3)8-10-4-6-12-7-5-10;1-9(2)11(3)4-5-12-6-7-14-8-10(12)13;2*1-2/h4-7H,8-9H2,1-3H3;9H,4-8H2,1-3H3;2*1-2H3. The van der Waals surface area contributed by atoms with Crippen LogP contribution in [0.3, 0.4) is 0 Å². The molecule has 0 unspecified atom stereocenters. The molecule has 0 N–H and O–H groups in total. The summed E-state index contributed by atoms with van der Waals surface area (Å²) in [4.78, 5) is 34.6. The molecule has 0 bridgehead atoms. The number of amides is 2. The van der Waals surface area contributed by atoms with Gasteiger partial charge in [-0.2, -0.15) is 0 Å². The first-order chi connectivity index (χ1) is 15.7. The van der Waals surface area contributed by atoms with Crippen LogP contribution in [0.25, 0.3) is 0 Å². The zero-order valence-electron chi connectivity index (χ0n) is 22.8. The SMILES string of the molecule is CC.CC.CC(C)N(C)CCN1CCOCC1=O.CN(C)CC(=O)N(C)Cc1ccncc1. The lowest BCUT2D eigenvalue weighted by molar-refractivity contribution is -0.142. The second-order valence-corrected chi connectivity index (χ2v) is 7.85. The normalized spacial score (nSPS) is 12.9. The fourth-order valence-corrected chi connectivity index (χ4v) is 2.56. The molecule has 33 heavy (non-hydrogen) atoms. The topological polar surface area (TPSA) is 69.2 Å². The van der Waals surface area contributed by atoms with E-state index in [2.05, 4.69) is 30.8 Å². The largest absolute Gasteiger partial charge is 0.370 e. The van der Waals surface area contributed by atoms with E-state index in [0.717, 1.165) is 25.2 Å². The Labute approximate surface area is 202 Å². The van der Waals surface area contributed by atoms with Crippen LogP contribution in [-0.2, 0) is 20.9 Å². The molecule has 8 nitrogen and oxygen atoms in total. The molecular weight excluding hydrogens is 418 g/mol. The van der Waals surface area contributed by atoms with Crippen molar-refractivity contribution in [3.63, 3.8) is 0 Å². The lowest BCUT2D eigenvalue weighted by Gasteiger charge is -2.29. The Balaban J connectivity index is 0. The molecule has 0 radical (unpaired) electrons. The van der Waals surface area contributed by atoms with E-state index >= 15 is 0 Å². The van der Waals surface area contributed by atoms with Crippen LogP contribution in [0.1, 0.15) is 47.1 Å². The third-order valence-corrected chi connectivity index (χ3v) is 4.73. The Morgan fingerprint density at radius 2 is 1.67 bits per heavy atom. The van der Waals surface area contributed by atoms with Crippen LogP contribution < -0.4 is 0 Å². The summed E-state index contributed by atoms with van der Waals surface area (Å²) in [6.45, 7) is 16.8. The van der Waals surface area contributed by atoms with Crippen LogP contribution >= 0.6 is 0 Å². The van der Waals surface area contributed by atoms with E-state index in [1.54, 1.807) is 17.3 Å². The Bertz CT molecular complexity index is 611. The molecule has 2 amide bonds. The van der Waals surface area contributed by atoms with E-state index in [9.17, 15) is 9.59 Å². The molecule has 2 heterocycles. The highest BCUT2D eigenvalue weighted by Crippen LogP contribution is 2.02. The van der Waals surface area contributed by atoms with E-state index in [1.165, 1.54) is 0 Å². The first kappa shape index (κ1) is 33.1. The first-order valence-electron chi connectivity index (χ1n) is 12.0. The zero-order chi connectivity index (χ0) is 25.8. The van der Waals surface area contributed by atoms with E-state index in [0.29, 0.717) is 25.7 Å². The molecule has 2 rings (SSSR count). The smallest absolute Gasteiger partial charge is 0.248 e. The highest BCUT2D eigenvalue weighted by molar-refractivity contribution is 5.78. The Morgan fingerprint density at radius 1 is 1.09 bits per heavy atom. The predicted molar refractivity (Wildman–Crippen MR) is 137 cm³/mol. The number of aromatic nitrogens is 1. The van der Waals surface area contributed by atoms with Crippen molar-refractivity contribution < 1.29 is 14.3 Å². The van der Waals surface area contributed by atoms with Gasteiger partial charge in [0, 0.05) is 51.7 Å². The summed E-state index contributed by atoms with van der Waals surface area (Å²) in [7, 11) is 7.66. The van der Waals surface area contributed by atoms with Crippen molar-refractivity contribution in [1.82, 2.24) is 24.6 Å². The van der Waals surface area contributed by atoms with E-state index in [-0.39, 0.29) is 18.4 Å². The van der Waals surface area contributed by atoms with Crippen molar-refractivity contribution in [3.8, 4) is 0 Å². The van der Waals surface area contributed by atoms with Crippen LogP contribution in [0.4, 0.5) is 0 Å². The summed E-state index contributed by atoms with van der Waals surface area (Å²) in [6.07, 6.45) is 3.47. The third-order valence-electron chi connectivity index (χ3n) is 4.73. The molecule has 8 heteroatoms. The first-order valence-corrected chi connectivity index (χ1v) is 12.0. The summed E-state index contributed by atoms with van der Waals surface area (Å²) in [5.41, 5.74) is 1.10. The zero-order valence-corrected chi connectivity index (χ0v) is 22.8.